The summed E-state index contributed by atoms with van der Waals surface area (Å²) in [5, 5.41) is 0. The van der Waals surface area contributed by atoms with Gasteiger partial charge in [0.25, 0.3) is 0 Å². The lowest BCUT2D eigenvalue weighted by Crippen LogP contribution is -1.94. The van der Waals surface area contributed by atoms with Gasteiger partial charge in [0.05, 0.1) is 0 Å². The van der Waals surface area contributed by atoms with Crippen molar-refractivity contribution >= 4 is 0 Å². The van der Waals surface area contributed by atoms with Crippen LogP contribution in [-0.2, 0) is 6.54 Å². The van der Waals surface area contributed by atoms with Gasteiger partial charge < -0.3 is 10.2 Å². The number of nitrogens with two attached hydrogens (primary N) is 1. The van der Waals surface area contributed by atoms with Gasteiger partial charge in [-0.2, -0.15) is 0 Å². The molecule has 2 rings (SSSR count). The van der Waals surface area contributed by atoms with Crippen LogP contribution in [0, 0.1) is 6.26 Å². The molecule has 0 saturated heterocycles. The van der Waals surface area contributed by atoms with E-state index in [1.54, 1.807) is 6.07 Å². The third-order valence-corrected chi connectivity index (χ3v) is 1.95. The molecule has 1 aromatic carbocycles. The van der Waals surface area contributed by atoms with Crippen molar-refractivity contribution in [2.24, 2.45) is 5.73 Å². The molecule has 0 aliphatic rings. The van der Waals surface area contributed by atoms with Crippen LogP contribution in [0.4, 0.5) is 0 Å². The number of hydrogen-bond donors (Lipinski definition) is 1. The van der Waals surface area contributed by atoms with E-state index in [-0.39, 0.29) is 0 Å². The fourth-order valence-corrected chi connectivity index (χ4v) is 1.20. The first-order chi connectivity index (χ1) is 6.40. The summed E-state index contributed by atoms with van der Waals surface area (Å²) >= 11 is 0. The maximum Gasteiger partial charge on any atom is 0.170 e. The van der Waals surface area contributed by atoms with Gasteiger partial charge in [-0.15, -0.1) is 0 Å². The number of furan rings is 1. The molecule has 2 nitrogen and oxygen atoms in total. The molecule has 0 spiro atoms. The highest BCUT2D eigenvalue weighted by molar-refractivity contribution is 5.57. The summed E-state index contributed by atoms with van der Waals surface area (Å²) in [5.74, 6) is 0.837. The lowest BCUT2D eigenvalue weighted by atomic mass is 10.1. The Balaban J connectivity index is 2.33. The fourth-order valence-electron chi connectivity index (χ4n) is 1.20. The zero-order valence-corrected chi connectivity index (χ0v) is 7.16. The van der Waals surface area contributed by atoms with E-state index in [4.69, 9.17) is 10.2 Å². The van der Waals surface area contributed by atoms with E-state index in [1.165, 1.54) is 0 Å². The lowest BCUT2D eigenvalue weighted by Gasteiger charge is -1.98. The Morgan fingerprint density at radius 1 is 1.15 bits per heavy atom. The largest absolute Gasteiger partial charge is 0.453 e. The van der Waals surface area contributed by atoms with Gasteiger partial charge in [-0.1, -0.05) is 24.3 Å². The zero-order chi connectivity index (χ0) is 9.10. The quantitative estimate of drug-likeness (QED) is 0.754. The molecule has 2 N–H and O–H groups in total. The Hall–Kier alpha value is -1.54. The fraction of sp³-hybridized carbons (Fsp3) is 0.0909. The van der Waals surface area contributed by atoms with E-state index in [0.29, 0.717) is 6.54 Å². The predicted octanol–water partition coefficient (Wildman–Crippen LogP) is 2.21. The Labute approximate surface area is 77.0 Å². The number of hydrogen-bond acceptors (Lipinski definition) is 2. The molecule has 2 heteroatoms. The third-order valence-electron chi connectivity index (χ3n) is 1.95. The Bertz CT molecular complexity index is 361. The highest BCUT2D eigenvalue weighted by atomic mass is 16.3. The van der Waals surface area contributed by atoms with Gasteiger partial charge in [0, 0.05) is 12.1 Å². The van der Waals surface area contributed by atoms with Crippen molar-refractivity contribution in [1.29, 1.82) is 0 Å². The number of rotatable bonds is 2. The summed E-state index contributed by atoms with van der Waals surface area (Å²) in [6.07, 6.45) is 2.66. The predicted molar refractivity (Wildman–Crippen MR) is 50.9 cm³/mol. The van der Waals surface area contributed by atoms with Crippen molar-refractivity contribution in [3.8, 4) is 11.3 Å². The van der Waals surface area contributed by atoms with Crippen LogP contribution in [0.15, 0.2) is 40.8 Å². The molecular formula is C11H10NO. The van der Waals surface area contributed by atoms with Crippen LogP contribution in [0.1, 0.15) is 5.56 Å². The van der Waals surface area contributed by atoms with Gasteiger partial charge >= 0.3 is 0 Å². The maximum atomic E-state index is 5.49. The van der Waals surface area contributed by atoms with Crippen molar-refractivity contribution in [2.75, 3.05) is 0 Å². The van der Waals surface area contributed by atoms with Crippen molar-refractivity contribution < 1.29 is 4.42 Å². The first-order valence-corrected chi connectivity index (χ1v) is 4.15. The average molecular weight is 172 g/mol. The summed E-state index contributed by atoms with van der Waals surface area (Å²) in [6.45, 7) is 0.574. The first-order valence-electron chi connectivity index (χ1n) is 4.15. The van der Waals surface area contributed by atoms with E-state index < -0.39 is 0 Å². The van der Waals surface area contributed by atoms with Crippen molar-refractivity contribution in [2.45, 2.75) is 6.54 Å². The van der Waals surface area contributed by atoms with Crippen LogP contribution in [0.3, 0.4) is 0 Å². The van der Waals surface area contributed by atoms with E-state index in [0.717, 1.165) is 16.9 Å². The van der Waals surface area contributed by atoms with Gasteiger partial charge in [-0.05, 0) is 17.7 Å². The highest BCUT2D eigenvalue weighted by Gasteiger charge is 1.99. The molecule has 2 aromatic rings. The van der Waals surface area contributed by atoms with Crippen molar-refractivity contribution in [3.05, 3.63) is 48.2 Å². The molecule has 1 heterocycles. The minimum atomic E-state index is 0.574. The Kier molecular flexibility index (Phi) is 2.15. The van der Waals surface area contributed by atoms with Crippen LogP contribution >= 0.6 is 0 Å². The van der Waals surface area contributed by atoms with E-state index in [1.807, 2.05) is 30.3 Å². The standard InChI is InChI=1S/C11H10NO/c12-8-9-3-5-10(6-4-9)11-2-1-7-13-11/h1-6H,8,12H2. The monoisotopic (exact) mass is 172 g/mol. The lowest BCUT2D eigenvalue weighted by molar-refractivity contribution is 0.573. The summed E-state index contributed by atoms with van der Waals surface area (Å²) in [4.78, 5) is 0. The molecule has 0 atom stereocenters. The van der Waals surface area contributed by atoms with Crippen LogP contribution in [0.5, 0.6) is 0 Å². The van der Waals surface area contributed by atoms with Gasteiger partial charge in [0.2, 0.25) is 0 Å². The van der Waals surface area contributed by atoms with Crippen LogP contribution < -0.4 is 5.73 Å². The molecular weight excluding hydrogens is 162 g/mol. The zero-order valence-electron chi connectivity index (χ0n) is 7.16. The van der Waals surface area contributed by atoms with Crippen LogP contribution in [-0.4, -0.2) is 0 Å². The van der Waals surface area contributed by atoms with Gasteiger partial charge in [-0.25, -0.2) is 0 Å². The summed E-state index contributed by atoms with van der Waals surface area (Å²) in [5.41, 5.74) is 7.67. The number of benzene rings is 1. The topological polar surface area (TPSA) is 39.2 Å². The molecule has 0 unspecified atom stereocenters. The summed E-state index contributed by atoms with van der Waals surface area (Å²) < 4.78 is 5.14. The molecule has 0 amide bonds. The molecule has 0 aliphatic heterocycles. The highest BCUT2D eigenvalue weighted by Crippen LogP contribution is 2.19. The summed E-state index contributed by atoms with van der Waals surface area (Å²) in [6, 6.07) is 11.6. The third kappa shape index (κ3) is 1.63. The minimum absolute atomic E-state index is 0.574. The Morgan fingerprint density at radius 2 is 1.92 bits per heavy atom. The molecule has 0 aliphatic carbocycles. The Morgan fingerprint density at radius 3 is 2.46 bits per heavy atom. The van der Waals surface area contributed by atoms with E-state index in [2.05, 4.69) is 6.26 Å². The second kappa shape index (κ2) is 3.46. The normalized spacial score (nSPS) is 10.2. The minimum Gasteiger partial charge on any atom is -0.453 e. The van der Waals surface area contributed by atoms with Gasteiger partial charge in [0.1, 0.15) is 5.76 Å². The van der Waals surface area contributed by atoms with Crippen LogP contribution in [0.2, 0.25) is 0 Å². The van der Waals surface area contributed by atoms with E-state index in [9.17, 15) is 0 Å². The molecule has 0 fully saturated rings. The smallest absolute Gasteiger partial charge is 0.170 e. The molecule has 65 valence electrons. The van der Waals surface area contributed by atoms with Crippen LogP contribution in [0.25, 0.3) is 11.3 Å². The summed E-state index contributed by atoms with van der Waals surface area (Å²) in [7, 11) is 0. The second-order valence-corrected chi connectivity index (χ2v) is 2.82. The molecule has 0 bridgehead atoms. The first kappa shape index (κ1) is 8.08. The molecule has 0 saturated carbocycles. The van der Waals surface area contributed by atoms with Crippen molar-refractivity contribution in [1.82, 2.24) is 0 Å². The average Bonchev–Trinajstić information content (AvgIpc) is 2.71. The molecule has 13 heavy (non-hydrogen) atoms. The van der Waals surface area contributed by atoms with Gasteiger partial charge in [0.15, 0.2) is 6.26 Å². The SMILES string of the molecule is NCc1ccc(-c2cc[c]o2)cc1. The van der Waals surface area contributed by atoms with Crippen molar-refractivity contribution in [3.63, 3.8) is 0 Å². The molecule has 1 aromatic heterocycles. The van der Waals surface area contributed by atoms with Gasteiger partial charge in [-0.3, -0.25) is 0 Å². The maximum absolute atomic E-state index is 5.49. The van der Waals surface area contributed by atoms with E-state index >= 15 is 0 Å². The molecule has 1 radical (unpaired) electrons. The second-order valence-electron chi connectivity index (χ2n) is 2.82.